The zero-order valence-electron chi connectivity index (χ0n) is 11.4. The lowest BCUT2D eigenvalue weighted by Crippen LogP contribution is -1.99. The van der Waals surface area contributed by atoms with E-state index in [-0.39, 0.29) is 16.4 Å². The average Bonchev–Trinajstić information content (AvgIpc) is 2.48. The van der Waals surface area contributed by atoms with Gasteiger partial charge in [-0.3, -0.25) is 0 Å². The minimum atomic E-state index is -0.353. The van der Waals surface area contributed by atoms with Crippen molar-refractivity contribution in [3.05, 3.63) is 59.4 Å². The van der Waals surface area contributed by atoms with E-state index in [2.05, 4.69) is 15.9 Å². The van der Waals surface area contributed by atoms with Crippen molar-refractivity contribution < 1.29 is 13.9 Å². The Morgan fingerprint density at radius 2 is 1.75 bits per heavy atom. The molecule has 20 heavy (non-hydrogen) atoms. The van der Waals surface area contributed by atoms with Crippen molar-refractivity contribution in [1.82, 2.24) is 0 Å². The van der Waals surface area contributed by atoms with E-state index < -0.39 is 0 Å². The molecule has 0 saturated heterocycles. The second-order valence-corrected chi connectivity index (χ2v) is 5.48. The molecule has 1 unspecified atom stereocenters. The summed E-state index contributed by atoms with van der Waals surface area (Å²) in [6.07, 6.45) is 0.749. The summed E-state index contributed by atoms with van der Waals surface area (Å²) in [6.45, 7) is 0. The molecule has 1 atom stereocenters. The Bertz CT molecular complexity index is 586. The predicted molar refractivity (Wildman–Crippen MR) is 81.3 cm³/mol. The fraction of sp³-hybridized carbons (Fsp3) is 0.250. The number of rotatable bonds is 5. The van der Waals surface area contributed by atoms with Crippen LogP contribution in [0.3, 0.4) is 0 Å². The van der Waals surface area contributed by atoms with Crippen LogP contribution < -0.4 is 9.47 Å². The van der Waals surface area contributed by atoms with Crippen LogP contribution in [-0.4, -0.2) is 14.2 Å². The van der Waals surface area contributed by atoms with Gasteiger partial charge < -0.3 is 9.47 Å². The fourth-order valence-corrected chi connectivity index (χ4v) is 2.69. The molecule has 2 aromatic rings. The Kier molecular flexibility index (Phi) is 5.01. The van der Waals surface area contributed by atoms with Crippen LogP contribution >= 0.6 is 15.9 Å². The molecule has 0 bridgehead atoms. The van der Waals surface area contributed by atoms with E-state index in [1.54, 1.807) is 19.2 Å². The van der Waals surface area contributed by atoms with Crippen LogP contribution in [0.25, 0.3) is 0 Å². The summed E-state index contributed by atoms with van der Waals surface area (Å²) in [5, 5.41) is 0. The number of para-hydroxylation sites is 1. The molecule has 0 heterocycles. The monoisotopic (exact) mass is 338 g/mol. The summed E-state index contributed by atoms with van der Waals surface area (Å²) in [4.78, 5) is 0.0632. The lowest BCUT2D eigenvalue weighted by Gasteiger charge is -2.14. The molecule has 0 aromatic heterocycles. The van der Waals surface area contributed by atoms with Gasteiger partial charge in [-0.1, -0.05) is 40.2 Å². The third-order valence-corrected chi connectivity index (χ3v) is 3.98. The second kappa shape index (κ2) is 6.75. The molecule has 2 rings (SSSR count). The predicted octanol–water partition coefficient (Wildman–Crippen LogP) is 4.52. The summed E-state index contributed by atoms with van der Waals surface area (Å²) in [6, 6.07) is 12.8. The highest BCUT2D eigenvalue weighted by molar-refractivity contribution is 9.09. The van der Waals surface area contributed by atoms with Crippen molar-refractivity contribution in [2.75, 3.05) is 14.2 Å². The van der Waals surface area contributed by atoms with Gasteiger partial charge in [-0.25, -0.2) is 4.39 Å². The quantitative estimate of drug-likeness (QED) is 0.746. The van der Waals surface area contributed by atoms with Gasteiger partial charge in [-0.15, -0.1) is 0 Å². The van der Waals surface area contributed by atoms with Crippen LogP contribution in [0.2, 0.25) is 0 Å². The van der Waals surface area contributed by atoms with Crippen LogP contribution in [0.5, 0.6) is 11.5 Å². The molecule has 0 radical (unpaired) electrons. The third kappa shape index (κ3) is 3.31. The van der Waals surface area contributed by atoms with Crippen molar-refractivity contribution >= 4 is 15.9 Å². The van der Waals surface area contributed by atoms with Gasteiger partial charge in [0.05, 0.1) is 14.2 Å². The van der Waals surface area contributed by atoms with E-state index in [1.165, 1.54) is 13.2 Å². The first-order valence-corrected chi connectivity index (χ1v) is 7.16. The van der Waals surface area contributed by atoms with Crippen LogP contribution in [-0.2, 0) is 6.42 Å². The van der Waals surface area contributed by atoms with Crippen molar-refractivity contribution in [3.63, 3.8) is 0 Å². The number of alkyl halides is 1. The largest absolute Gasteiger partial charge is 0.496 e. The smallest absolute Gasteiger partial charge is 0.165 e. The second-order valence-electron chi connectivity index (χ2n) is 4.38. The Labute approximate surface area is 126 Å². The summed E-state index contributed by atoms with van der Waals surface area (Å²) in [7, 11) is 3.12. The molecule has 4 heteroatoms. The minimum Gasteiger partial charge on any atom is -0.496 e. The molecular formula is C16H16BrFO2. The number of halogens is 2. The van der Waals surface area contributed by atoms with Gasteiger partial charge in [0, 0.05) is 4.83 Å². The maximum Gasteiger partial charge on any atom is 0.165 e. The Balaban J connectivity index is 2.21. The summed E-state index contributed by atoms with van der Waals surface area (Å²) in [5.41, 5.74) is 2.06. The summed E-state index contributed by atoms with van der Waals surface area (Å²) < 4.78 is 23.8. The molecule has 106 valence electrons. The molecule has 0 aliphatic heterocycles. The summed E-state index contributed by atoms with van der Waals surface area (Å²) >= 11 is 3.64. The van der Waals surface area contributed by atoms with E-state index in [1.807, 2.05) is 24.3 Å². The molecule has 0 saturated carbocycles. The number of benzene rings is 2. The van der Waals surface area contributed by atoms with Crippen LogP contribution in [0.4, 0.5) is 4.39 Å². The lowest BCUT2D eigenvalue weighted by molar-refractivity contribution is 0.386. The van der Waals surface area contributed by atoms with Gasteiger partial charge in [0.1, 0.15) is 5.75 Å². The van der Waals surface area contributed by atoms with Gasteiger partial charge in [0.25, 0.3) is 0 Å². The SMILES string of the molecule is COc1cc(C(Br)Cc2ccccc2OC)ccc1F. The Morgan fingerprint density at radius 1 is 1.05 bits per heavy atom. The normalized spacial score (nSPS) is 12.0. The maximum atomic E-state index is 13.4. The van der Waals surface area contributed by atoms with Gasteiger partial charge in [0.15, 0.2) is 11.6 Å². The summed E-state index contributed by atoms with van der Waals surface area (Å²) in [5.74, 6) is 0.756. The molecule has 0 N–H and O–H groups in total. The van der Waals surface area contributed by atoms with Gasteiger partial charge in [-0.05, 0) is 35.7 Å². The zero-order valence-corrected chi connectivity index (χ0v) is 13.0. The van der Waals surface area contributed by atoms with Gasteiger partial charge >= 0.3 is 0 Å². The molecule has 2 nitrogen and oxygen atoms in total. The van der Waals surface area contributed by atoms with E-state index in [0.717, 1.165) is 23.3 Å². The van der Waals surface area contributed by atoms with Crippen molar-refractivity contribution in [3.8, 4) is 11.5 Å². The topological polar surface area (TPSA) is 18.5 Å². The highest BCUT2D eigenvalue weighted by atomic mass is 79.9. The van der Waals surface area contributed by atoms with Gasteiger partial charge in [-0.2, -0.15) is 0 Å². The van der Waals surface area contributed by atoms with Crippen molar-refractivity contribution in [2.24, 2.45) is 0 Å². The lowest BCUT2D eigenvalue weighted by atomic mass is 10.0. The molecule has 0 fully saturated rings. The molecule has 0 spiro atoms. The van der Waals surface area contributed by atoms with E-state index >= 15 is 0 Å². The van der Waals surface area contributed by atoms with Crippen molar-refractivity contribution in [1.29, 1.82) is 0 Å². The van der Waals surface area contributed by atoms with Crippen LogP contribution in [0.15, 0.2) is 42.5 Å². The first-order chi connectivity index (χ1) is 9.65. The standard InChI is InChI=1S/C16H16BrFO2/c1-19-15-6-4-3-5-12(15)9-13(17)11-7-8-14(18)16(10-11)20-2/h3-8,10,13H,9H2,1-2H3. The number of hydrogen-bond acceptors (Lipinski definition) is 2. The molecule has 0 aliphatic rings. The third-order valence-electron chi connectivity index (χ3n) is 3.13. The Hall–Kier alpha value is -1.55. The number of methoxy groups -OCH3 is 2. The van der Waals surface area contributed by atoms with E-state index in [4.69, 9.17) is 9.47 Å². The maximum absolute atomic E-state index is 13.4. The van der Waals surface area contributed by atoms with E-state index in [9.17, 15) is 4.39 Å². The number of hydrogen-bond donors (Lipinski definition) is 0. The first kappa shape index (κ1) is 14.9. The van der Waals surface area contributed by atoms with Crippen molar-refractivity contribution in [2.45, 2.75) is 11.2 Å². The zero-order chi connectivity index (χ0) is 14.5. The van der Waals surface area contributed by atoms with E-state index in [0.29, 0.717) is 0 Å². The highest BCUT2D eigenvalue weighted by Crippen LogP contribution is 2.33. The fourth-order valence-electron chi connectivity index (χ4n) is 2.05. The first-order valence-electron chi connectivity index (χ1n) is 6.25. The molecule has 2 aromatic carbocycles. The molecular weight excluding hydrogens is 323 g/mol. The van der Waals surface area contributed by atoms with Crippen LogP contribution in [0, 0.1) is 5.82 Å². The van der Waals surface area contributed by atoms with Crippen LogP contribution in [0.1, 0.15) is 16.0 Å². The average molecular weight is 339 g/mol. The number of ether oxygens (including phenoxy) is 2. The highest BCUT2D eigenvalue weighted by Gasteiger charge is 2.14. The molecule has 0 amide bonds. The Morgan fingerprint density at radius 3 is 2.45 bits per heavy atom. The minimum absolute atomic E-state index is 0.0632. The van der Waals surface area contributed by atoms with Gasteiger partial charge in [0.2, 0.25) is 0 Å². The molecule has 0 aliphatic carbocycles.